The van der Waals surface area contributed by atoms with Gasteiger partial charge in [-0.15, -0.1) is 0 Å². The fourth-order valence-corrected chi connectivity index (χ4v) is 0.646. The van der Waals surface area contributed by atoms with Crippen LogP contribution < -0.4 is 5.32 Å². The van der Waals surface area contributed by atoms with Gasteiger partial charge in [-0.2, -0.15) is 0 Å². The second-order valence-electron chi connectivity index (χ2n) is 2.01. The third-order valence-corrected chi connectivity index (χ3v) is 1.15. The first-order valence-electron chi connectivity index (χ1n) is 2.93. The Labute approximate surface area is 54.1 Å². The molecule has 1 aliphatic rings. The summed E-state index contributed by atoms with van der Waals surface area (Å²) in [5.74, 6) is 0. The molecule has 9 heavy (non-hydrogen) atoms. The molecule has 3 nitrogen and oxygen atoms in total. The molecule has 0 aromatic carbocycles. The van der Waals surface area contributed by atoms with E-state index in [-0.39, 0.29) is 6.17 Å². The van der Waals surface area contributed by atoms with E-state index >= 15 is 0 Å². The summed E-state index contributed by atoms with van der Waals surface area (Å²) in [6, 6.07) is 0. The highest BCUT2D eigenvalue weighted by Gasteiger charge is 2.10. The van der Waals surface area contributed by atoms with Crippen molar-refractivity contribution in [2.45, 2.75) is 19.2 Å². The molecule has 0 amide bonds. The molecule has 0 radical (unpaired) electrons. The predicted octanol–water partition coefficient (Wildman–Crippen LogP) is -0.119. The number of aliphatic imine (C=N–C) groups is 1. The molecular weight excluding hydrogens is 116 g/mol. The number of nitrogens with one attached hydrogen (secondary N) is 1. The highest BCUT2D eigenvalue weighted by atomic mass is 16.3. The van der Waals surface area contributed by atoms with E-state index in [9.17, 15) is 0 Å². The van der Waals surface area contributed by atoms with Gasteiger partial charge in [-0.05, 0) is 19.2 Å². The number of allylic oxidation sites excluding steroid dienone is 1. The Morgan fingerprint density at radius 2 is 2.56 bits per heavy atom. The van der Waals surface area contributed by atoms with Crippen molar-refractivity contribution < 1.29 is 5.11 Å². The zero-order valence-corrected chi connectivity index (χ0v) is 5.28. The number of hydrogen-bond donors (Lipinski definition) is 2. The van der Waals surface area contributed by atoms with E-state index in [1.165, 1.54) is 0 Å². The van der Waals surface area contributed by atoms with Crippen LogP contribution in [0, 0.1) is 0 Å². The number of nitrogens with zero attached hydrogens (tertiary/aromatic N) is 1. The maximum atomic E-state index is 8.97. The highest BCUT2D eigenvalue weighted by molar-refractivity contribution is 5.71. The number of aliphatic hydroxyl groups is 1. The molecule has 50 valence electrons. The van der Waals surface area contributed by atoms with Gasteiger partial charge >= 0.3 is 0 Å². The van der Waals surface area contributed by atoms with Gasteiger partial charge in [0.2, 0.25) is 0 Å². The van der Waals surface area contributed by atoms with Crippen molar-refractivity contribution in [2.24, 2.45) is 4.99 Å². The zero-order chi connectivity index (χ0) is 6.69. The van der Waals surface area contributed by atoms with Crippen LogP contribution in [0.25, 0.3) is 0 Å². The van der Waals surface area contributed by atoms with Crippen LogP contribution in [0.2, 0.25) is 0 Å². The Morgan fingerprint density at radius 3 is 2.89 bits per heavy atom. The maximum absolute atomic E-state index is 8.97. The maximum Gasteiger partial charge on any atom is 0.144 e. The lowest BCUT2D eigenvalue weighted by Gasteiger charge is -2.16. The molecule has 1 heterocycles. The second kappa shape index (κ2) is 2.64. The quantitative estimate of drug-likeness (QED) is 0.514. The predicted molar refractivity (Wildman–Crippen MR) is 36.2 cm³/mol. The molecule has 1 aliphatic heterocycles. The van der Waals surface area contributed by atoms with Crippen LogP contribution in [-0.2, 0) is 0 Å². The molecule has 0 spiro atoms. The van der Waals surface area contributed by atoms with Crippen molar-refractivity contribution >= 4 is 6.21 Å². The topological polar surface area (TPSA) is 44.6 Å². The summed E-state index contributed by atoms with van der Waals surface area (Å²) in [5, 5.41) is 11.9. The fraction of sp³-hybridized carbons (Fsp3) is 0.500. The van der Waals surface area contributed by atoms with Crippen molar-refractivity contribution in [3.63, 3.8) is 0 Å². The van der Waals surface area contributed by atoms with Gasteiger partial charge in [0.25, 0.3) is 0 Å². The average Bonchev–Trinajstić information content (AvgIpc) is 1.90. The molecule has 0 saturated carbocycles. The first kappa shape index (κ1) is 6.29. The van der Waals surface area contributed by atoms with Gasteiger partial charge in [-0.1, -0.05) is 0 Å². The molecule has 0 aromatic rings. The minimum atomic E-state index is -0.425. The van der Waals surface area contributed by atoms with E-state index in [1.807, 2.05) is 0 Å². The summed E-state index contributed by atoms with van der Waals surface area (Å²) in [6.45, 7) is 1.70. The second-order valence-corrected chi connectivity index (χ2v) is 2.01. The van der Waals surface area contributed by atoms with Crippen LogP contribution in [0.1, 0.15) is 6.92 Å². The van der Waals surface area contributed by atoms with Crippen molar-refractivity contribution in [2.75, 3.05) is 0 Å². The molecular formula is C6H10N2O. The van der Waals surface area contributed by atoms with E-state index in [2.05, 4.69) is 10.3 Å². The van der Waals surface area contributed by atoms with E-state index in [0.29, 0.717) is 0 Å². The van der Waals surface area contributed by atoms with E-state index in [4.69, 9.17) is 5.11 Å². The summed E-state index contributed by atoms with van der Waals surface area (Å²) in [4.78, 5) is 3.96. The standard InChI is InChI=1S/C6H10N2O/c1-5(9)6-7-3-2-4-8-6/h2-7,9H,1H3. The van der Waals surface area contributed by atoms with Gasteiger partial charge in [-0.25, -0.2) is 0 Å². The van der Waals surface area contributed by atoms with E-state index < -0.39 is 6.10 Å². The summed E-state index contributed by atoms with van der Waals surface area (Å²) in [7, 11) is 0. The number of aliphatic hydroxyl groups excluding tert-OH is 1. The van der Waals surface area contributed by atoms with Crippen molar-refractivity contribution in [3.8, 4) is 0 Å². The van der Waals surface area contributed by atoms with E-state index in [0.717, 1.165) is 0 Å². The zero-order valence-electron chi connectivity index (χ0n) is 5.28. The van der Waals surface area contributed by atoms with Gasteiger partial charge in [0.1, 0.15) is 6.17 Å². The van der Waals surface area contributed by atoms with Gasteiger partial charge in [-0.3, -0.25) is 4.99 Å². The first-order valence-corrected chi connectivity index (χ1v) is 2.93. The molecule has 2 atom stereocenters. The first-order chi connectivity index (χ1) is 4.30. The smallest absolute Gasteiger partial charge is 0.144 e. The van der Waals surface area contributed by atoms with Crippen LogP contribution in [0.5, 0.6) is 0 Å². The Balaban J connectivity index is 2.46. The monoisotopic (exact) mass is 126 g/mol. The molecule has 2 unspecified atom stereocenters. The lowest BCUT2D eigenvalue weighted by Crippen LogP contribution is -2.34. The van der Waals surface area contributed by atoms with E-state index in [1.54, 1.807) is 25.4 Å². The Bertz CT molecular complexity index is 140. The molecule has 3 heteroatoms. The van der Waals surface area contributed by atoms with Crippen molar-refractivity contribution in [3.05, 3.63) is 12.3 Å². The Morgan fingerprint density at radius 1 is 1.78 bits per heavy atom. The van der Waals surface area contributed by atoms with Crippen molar-refractivity contribution in [1.29, 1.82) is 0 Å². The summed E-state index contributed by atoms with van der Waals surface area (Å²) in [6.07, 6.45) is 4.65. The van der Waals surface area contributed by atoms with Crippen LogP contribution in [0.3, 0.4) is 0 Å². The van der Waals surface area contributed by atoms with Crippen LogP contribution in [0.4, 0.5) is 0 Å². The molecule has 0 bridgehead atoms. The number of rotatable bonds is 1. The van der Waals surface area contributed by atoms with Crippen molar-refractivity contribution in [1.82, 2.24) is 5.32 Å². The third kappa shape index (κ3) is 1.54. The van der Waals surface area contributed by atoms with Crippen LogP contribution in [0.15, 0.2) is 17.3 Å². The van der Waals surface area contributed by atoms with Gasteiger partial charge < -0.3 is 10.4 Å². The highest BCUT2D eigenvalue weighted by Crippen LogP contribution is 1.96. The summed E-state index contributed by atoms with van der Waals surface area (Å²) >= 11 is 0. The number of hydrogen-bond acceptors (Lipinski definition) is 3. The normalized spacial score (nSPS) is 27.6. The lowest BCUT2D eigenvalue weighted by molar-refractivity contribution is 0.155. The van der Waals surface area contributed by atoms with Gasteiger partial charge in [0.05, 0.1) is 6.10 Å². The molecule has 1 rings (SSSR count). The summed E-state index contributed by atoms with van der Waals surface area (Å²) in [5.41, 5.74) is 0. The largest absolute Gasteiger partial charge is 0.389 e. The van der Waals surface area contributed by atoms with Gasteiger partial charge in [0.15, 0.2) is 0 Å². The molecule has 0 aliphatic carbocycles. The third-order valence-electron chi connectivity index (χ3n) is 1.15. The van der Waals surface area contributed by atoms with Crippen LogP contribution in [-0.4, -0.2) is 23.6 Å². The van der Waals surface area contributed by atoms with Gasteiger partial charge in [0, 0.05) is 6.21 Å². The molecule has 0 aromatic heterocycles. The molecule has 0 fully saturated rings. The minimum Gasteiger partial charge on any atom is -0.389 e. The SMILES string of the molecule is CC(O)C1N=CC=CN1. The summed E-state index contributed by atoms with van der Waals surface area (Å²) < 4.78 is 0. The average molecular weight is 126 g/mol. The molecule has 0 saturated heterocycles. The Kier molecular flexibility index (Phi) is 1.85. The lowest BCUT2D eigenvalue weighted by atomic mass is 10.3. The minimum absolute atomic E-state index is 0.157. The fourth-order valence-electron chi connectivity index (χ4n) is 0.646. The molecule has 2 N–H and O–H groups in total. The van der Waals surface area contributed by atoms with Crippen LogP contribution >= 0.6 is 0 Å². The Hall–Kier alpha value is -0.830.